The number of anilines is 1. The fourth-order valence-electron chi connectivity index (χ4n) is 1.59. The number of hydrogen-bond acceptors (Lipinski definition) is 4. The van der Waals surface area contributed by atoms with Crippen LogP contribution in [0.25, 0.3) is 0 Å². The summed E-state index contributed by atoms with van der Waals surface area (Å²) in [5.74, 6) is 0.881. The Kier molecular flexibility index (Phi) is 5.55. The van der Waals surface area contributed by atoms with Crippen LogP contribution in [-0.4, -0.2) is 18.0 Å². The standard InChI is InChI=1S/C12H18BrN3O2/c1-8(2)9(6-14)7-15-12-4-3-10(16(17)18)5-11(12)13/h3-5,8-9,15H,6-7,14H2,1-2H3. The minimum absolute atomic E-state index is 0.0756. The Morgan fingerprint density at radius 3 is 2.61 bits per heavy atom. The minimum Gasteiger partial charge on any atom is -0.384 e. The molecule has 0 aliphatic carbocycles. The van der Waals surface area contributed by atoms with Crippen molar-refractivity contribution in [2.75, 3.05) is 18.4 Å². The largest absolute Gasteiger partial charge is 0.384 e. The van der Waals surface area contributed by atoms with Gasteiger partial charge in [0.05, 0.1) is 4.92 Å². The van der Waals surface area contributed by atoms with Gasteiger partial charge >= 0.3 is 0 Å². The average molecular weight is 316 g/mol. The van der Waals surface area contributed by atoms with Gasteiger partial charge in [0.25, 0.3) is 5.69 Å². The van der Waals surface area contributed by atoms with E-state index in [4.69, 9.17) is 5.73 Å². The van der Waals surface area contributed by atoms with Gasteiger partial charge < -0.3 is 11.1 Å². The second-order valence-corrected chi connectivity index (χ2v) is 5.40. The van der Waals surface area contributed by atoms with E-state index in [0.717, 1.165) is 12.2 Å². The molecule has 0 saturated heterocycles. The van der Waals surface area contributed by atoms with E-state index in [9.17, 15) is 10.1 Å². The van der Waals surface area contributed by atoms with Crippen LogP contribution in [0.1, 0.15) is 13.8 Å². The quantitative estimate of drug-likeness (QED) is 0.624. The first-order valence-corrected chi connectivity index (χ1v) is 6.63. The summed E-state index contributed by atoms with van der Waals surface area (Å²) in [4.78, 5) is 10.2. The van der Waals surface area contributed by atoms with Gasteiger partial charge in [0.1, 0.15) is 0 Å². The van der Waals surface area contributed by atoms with Gasteiger partial charge in [-0.2, -0.15) is 0 Å². The second-order valence-electron chi connectivity index (χ2n) is 4.54. The van der Waals surface area contributed by atoms with Gasteiger partial charge in [0.2, 0.25) is 0 Å². The molecular formula is C12H18BrN3O2. The van der Waals surface area contributed by atoms with Crippen molar-refractivity contribution >= 4 is 27.3 Å². The number of halogens is 1. The normalized spacial score (nSPS) is 12.5. The van der Waals surface area contributed by atoms with Crippen LogP contribution in [0.4, 0.5) is 11.4 Å². The van der Waals surface area contributed by atoms with Crippen molar-refractivity contribution in [3.05, 3.63) is 32.8 Å². The summed E-state index contributed by atoms with van der Waals surface area (Å²) in [5, 5.41) is 13.9. The lowest BCUT2D eigenvalue weighted by Crippen LogP contribution is -2.27. The molecule has 0 amide bonds. The summed E-state index contributed by atoms with van der Waals surface area (Å²) < 4.78 is 0.691. The van der Waals surface area contributed by atoms with Crippen LogP contribution in [0.2, 0.25) is 0 Å². The Balaban J connectivity index is 2.71. The third-order valence-corrected chi connectivity index (χ3v) is 3.62. The zero-order chi connectivity index (χ0) is 13.7. The molecule has 0 aliphatic rings. The third kappa shape index (κ3) is 3.96. The van der Waals surface area contributed by atoms with Crippen LogP contribution in [-0.2, 0) is 0 Å². The predicted molar refractivity (Wildman–Crippen MR) is 76.7 cm³/mol. The average Bonchev–Trinajstić information content (AvgIpc) is 2.30. The van der Waals surface area contributed by atoms with E-state index in [1.807, 2.05) is 0 Å². The van der Waals surface area contributed by atoms with Gasteiger partial charge in [0, 0.05) is 28.8 Å². The lowest BCUT2D eigenvalue weighted by molar-refractivity contribution is -0.384. The molecule has 0 aliphatic heterocycles. The monoisotopic (exact) mass is 315 g/mol. The molecule has 0 spiro atoms. The molecule has 0 heterocycles. The molecule has 1 aromatic carbocycles. The number of nitro groups is 1. The van der Waals surface area contributed by atoms with Crippen LogP contribution in [0, 0.1) is 22.0 Å². The maximum absolute atomic E-state index is 10.6. The van der Waals surface area contributed by atoms with Crippen molar-refractivity contribution in [3.63, 3.8) is 0 Å². The van der Waals surface area contributed by atoms with Gasteiger partial charge in [-0.15, -0.1) is 0 Å². The van der Waals surface area contributed by atoms with E-state index in [0.29, 0.717) is 22.9 Å². The van der Waals surface area contributed by atoms with Crippen LogP contribution in [0.15, 0.2) is 22.7 Å². The lowest BCUT2D eigenvalue weighted by Gasteiger charge is -2.20. The summed E-state index contributed by atoms with van der Waals surface area (Å²) in [6, 6.07) is 4.69. The maximum atomic E-state index is 10.6. The van der Waals surface area contributed by atoms with Gasteiger partial charge in [-0.3, -0.25) is 10.1 Å². The summed E-state index contributed by atoms with van der Waals surface area (Å²) in [7, 11) is 0. The number of nitrogens with zero attached hydrogens (tertiary/aromatic N) is 1. The SMILES string of the molecule is CC(C)C(CN)CNc1ccc([N+](=O)[O-])cc1Br. The topological polar surface area (TPSA) is 81.2 Å². The number of nitro benzene ring substituents is 1. The first-order chi connectivity index (χ1) is 8.45. The Morgan fingerprint density at radius 1 is 1.50 bits per heavy atom. The van der Waals surface area contributed by atoms with Crippen molar-refractivity contribution in [2.24, 2.45) is 17.6 Å². The van der Waals surface area contributed by atoms with E-state index < -0.39 is 4.92 Å². The molecule has 100 valence electrons. The maximum Gasteiger partial charge on any atom is 0.270 e. The van der Waals surface area contributed by atoms with E-state index in [1.165, 1.54) is 12.1 Å². The number of nitrogens with two attached hydrogens (primary N) is 1. The first kappa shape index (κ1) is 14.9. The molecule has 18 heavy (non-hydrogen) atoms. The van der Waals surface area contributed by atoms with E-state index in [-0.39, 0.29) is 5.69 Å². The van der Waals surface area contributed by atoms with E-state index >= 15 is 0 Å². The van der Waals surface area contributed by atoms with Crippen LogP contribution in [0.3, 0.4) is 0 Å². The highest BCUT2D eigenvalue weighted by Gasteiger charge is 2.13. The summed E-state index contributed by atoms with van der Waals surface area (Å²) in [5.41, 5.74) is 6.62. The molecular weight excluding hydrogens is 298 g/mol. The van der Waals surface area contributed by atoms with Crippen molar-refractivity contribution < 1.29 is 4.92 Å². The molecule has 1 atom stereocenters. The molecule has 1 aromatic rings. The Hall–Kier alpha value is -1.14. The fourth-order valence-corrected chi connectivity index (χ4v) is 2.10. The highest BCUT2D eigenvalue weighted by Crippen LogP contribution is 2.27. The van der Waals surface area contributed by atoms with Crippen LogP contribution in [0.5, 0.6) is 0 Å². The molecule has 0 radical (unpaired) electrons. The summed E-state index contributed by atoms with van der Waals surface area (Å²) in [6.45, 7) is 5.63. The third-order valence-electron chi connectivity index (χ3n) is 2.96. The predicted octanol–water partition coefficient (Wildman–Crippen LogP) is 3.00. The lowest BCUT2D eigenvalue weighted by atomic mass is 9.96. The smallest absolute Gasteiger partial charge is 0.270 e. The van der Waals surface area contributed by atoms with Gasteiger partial charge in [-0.25, -0.2) is 0 Å². The van der Waals surface area contributed by atoms with E-state index in [2.05, 4.69) is 35.1 Å². The molecule has 0 saturated carbocycles. The summed E-state index contributed by atoms with van der Waals surface area (Å²) in [6.07, 6.45) is 0. The molecule has 1 rings (SSSR count). The molecule has 5 nitrogen and oxygen atoms in total. The number of benzene rings is 1. The fraction of sp³-hybridized carbons (Fsp3) is 0.500. The Bertz CT molecular complexity index is 424. The van der Waals surface area contributed by atoms with Crippen molar-refractivity contribution in [1.82, 2.24) is 0 Å². The van der Waals surface area contributed by atoms with Gasteiger partial charge in [-0.05, 0) is 40.4 Å². The van der Waals surface area contributed by atoms with Crippen LogP contribution >= 0.6 is 15.9 Å². The highest BCUT2D eigenvalue weighted by molar-refractivity contribution is 9.10. The molecule has 6 heteroatoms. The molecule has 1 unspecified atom stereocenters. The minimum atomic E-state index is -0.411. The number of hydrogen-bond donors (Lipinski definition) is 2. The molecule has 0 bridgehead atoms. The van der Waals surface area contributed by atoms with Crippen LogP contribution < -0.4 is 11.1 Å². The highest BCUT2D eigenvalue weighted by atomic mass is 79.9. The molecule has 0 fully saturated rings. The molecule has 0 aromatic heterocycles. The zero-order valence-corrected chi connectivity index (χ0v) is 12.1. The van der Waals surface area contributed by atoms with Gasteiger partial charge in [-0.1, -0.05) is 13.8 Å². The second kappa shape index (κ2) is 6.70. The van der Waals surface area contributed by atoms with Gasteiger partial charge in [0.15, 0.2) is 0 Å². The number of non-ortho nitro benzene ring substituents is 1. The van der Waals surface area contributed by atoms with Crippen molar-refractivity contribution in [2.45, 2.75) is 13.8 Å². The number of nitrogens with one attached hydrogen (secondary N) is 1. The Labute approximate surface area is 115 Å². The van der Waals surface area contributed by atoms with Crippen molar-refractivity contribution in [1.29, 1.82) is 0 Å². The number of rotatable bonds is 6. The van der Waals surface area contributed by atoms with E-state index in [1.54, 1.807) is 6.07 Å². The summed E-state index contributed by atoms with van der Waals surface area (Å²) >= 11 is 3.33. The molecule has 3 N–H and O–H groups in total. The Morgan fingerprint density at radius 2 is 2.17 bits per heavy atom. The zero-order valence-electron chi connectivity index (χ0n) is 10.5. The van der Waals surface area contributed by atoms with Crippen molar-refractivity contribution in [3.8, 4) is 0 Å². The first-order valence-electron chi connectivity index (χ1n) is 5.83.